The summed E-state index contributed by atoms with van der Waals surface area (Å²) in [6.45, 7) is 6.38. The maximum atomic E-state index is 13.6. The van der Waals surface area contributed by atoms with E-state index in [1.165, 1.54) is 17.3 Å². The van der Waals surface area contributed by atoms with E-state index in [0.717, 1.165) is 28.2 Å². The van der Waals surface area contributed by atoms with Crippen LogP contribution in [0, 0.1) is 6.92 Å². The second kappa shape index (κ2) is 10.0. The van der Waals surface area contributed by atoms with Crippen LogP contribution in [-0.2, 0) is 10.5 Å². The van der Waals surface area contributed by atoms with Crippen LogP contribution in [0.4, 0.5) is 5.69 Å². The van der Waals surface area contributed by atoms with Crippen LogP contribution in [0.2, 0.25) is 0 Å². The van der Waals surface area contributed by atoms with Crippen molar-refractivity contribution in [2.24, 2.45) is 4.99 Å². The summed E-state index contributed by atoms with van der Waals surface area (Å²) < 4.78 is 7.43. The van der Waals surface area contributed by atoms with Gasteiger partial charge in [-0.25, -0.2) is 9.98 Å². The molecule has 182 valence electrons. The van der Waals surface area contributed by atoms with E-state index in [9.17, 15) is 4.79 Å². The molecule has 0 saturated heterocycles. The maximum absolute atomic E-state index is 13.6. The quantitative estimate of drug-likeness (QED) is 0.288. The summed E-state index contributed by atoms with van der Waals surface area (Å²) in [5.74, 6) is 1.56. The number of pyridine rings is 1. The lowest BCUT2D eigenvalue weighted by Crippen LogP contribution is -2.30. The Morgan fingerprint density at radius 3 is 2.61 bits per heavy atom. The number of nitrogens with zero attached hydrogens (tertiary/aromatic N) is 4. The first-order valence-electron chi connectivity index (χ1n) is 11.9. The Morgan fingerprint density at radius 2 is 1.89 bits per heavy atom. The number of ether oxygens (including phenoxy) is 1. The summed E-state index contributed by atoms with van der Waals surface area (Å²) in [6.07, 6.45) is 5.87. The number of carbonyl (C=O) groups excluding carboxylic acids is 1. The lowest BCUT2D eigenvalue weighted by molar-refractivity contribution is -0.113. The molecular formula is C29H28N4O2S. The molecule has 0 fully saturated rings. The predicted molar refractivity (Wildman–Crippen MR) is 148 cm³/mol. The first kappa shape index (κ1) is 23.9. The highest BCUT2D eigenvalue weighted by Crippen LogP contribution is 2.32. The van der Waals surface area contributed by atoms with Gasteiger partial charge in [0.1, 0.15) is 17.1 Å². The van der Waals surface area contributed by atoms with Crippen molar-refractivity contribution in [3.8, 4) is 5.75 Å². The van der Waals surface area contributed by atoms with E-state index in [1.807, 2.05) is 78.3 Å². The van der Waals surface area contributed by atoms with Crippen LogP contribution in [0.25, 0.3) is 11.7 Å². The number of hydrogen-bond acceptors (Lipinski definition) is 5. The zero-order valence-corrected chi connectivity index (χ0v) is 21.6. The normalized spacial score (nSPS) is 14.8. The van der Waals surface area contributed by atoms with Crippen molar-refractivity contribution < 1.29 is 9.53 Å². The molecule has 0 unspecified atom stereocenters. The summed E-state index contributed by atoms with van der Waals surface area (Å²) in [4.78, 5) is 24.8. The van der Waals surface area contributed by atoms with Gasteiger partial charge in [-0.1, -0.05) is 62.0 Å². The van der Waals surface area contributed by atoms with Crippen molar-refractivity contribution in [3.05, 3.63) is 101 Å². The zero-order chi connectivity index (χ0) is 25.2. The molecule has 1 aliphatic heterocycles. The van der Waals surface area contributed by atoms with Gasteiger partial charge in [0, 0.05) is 24.2 Å². The van der Waals surface area contributed by atoms with E-state index in [0.29, 0.717) is 28.3 Å². The third kappa shape index (κ3) is 4.79. The summed E-state index contributed by atoms with van der Waals surface area (Å²) >= 11 is 1.50. The number of amides is 1. The maximum Gasteiger partial charge on any atom is 0.283 e. The average Bonchev–Trinajstić information content (AvgIpc) is 3.44. The van der Waals surface area contributed by atoms with Gasteiger partial charge in [0.05, 0.1) is 18.5 Å². The molecule has 0 radical (unpaired) electrons. The summed E-state index contributed by atoms with van der Waals surface area (Å²) in [7, 11) is 1.62. The minimum atomic E-state index is -0.162. The second-order valence-electron chi connectivity index (χ2n) is 9.03. The lowest BCUT2D eigenvalue weighted by Gasteiger charge is -2.18. The first-order valence-corrected chi connectivity index (χ1v) is 12.9. The Kier molecular flexibility index (Phi) is 6.65. The Hall–Kier alpha value is -3.84. The highest BCUT2D eigenvalue weighted by Gasteiger charge is 2.32. The van der Waals surface area contributed by atoms with Gasteiger partial charge in [0.2, 0.25) is 0 Å². The number of amidine groups is 1. The van der Waals surface area contributed by atoms with Crippen molar-refractivity contribution in [3.63, 3.8) is 0 Å². The highest BCUT2D eigenvalue weighted by molar-refractivity contribution is 8.13. The van der Waals surface area contributed by atoms with Crippen molar-refractivity contribution >= 4 is 40.2 Å². The van der Waals surface area contributed by atoms with E-state index in [-0.39, 0.29) is 5.91 Å². The smallest absolute Gasteiger partial charge is 0.283 e. The van der Waals surface area contributed by atoms with Gasteiger partial charge in [-0.15, -0.1) is 0 Å². The van der Waals surface area contributed by atoms with Crippen molar-refractivity contribution in [2.45, 2.75) is 32.4 Å². The monoisotopic (exact) mass is 496 g/mol. The molecule has 0 aliphatic carbocycles. The molecule has 0 spiro atoms. The topological polar surface area (TPSA) is 59.2 Å². The number of aliphatic imine (C=N–C) groups is 1. The fourth-order valence-electron chi connectivity index (χ4n) is 4.12. The van der Waals surface area contributed by atoms with Crippen LogP contribution in [-0.4, -0.2) is 27.6 Å². The van der Waals surface area contributed by atoms with Crippen molar-refractivity contribution in [1.82, 2.24) is 9.38 Å². The van der Waals surface area contributed by atoms with Gasteiger partial charge in [-0.2, -0.15) is 0 Å². The number of benzene rings is 2. The van der Waals surface area contributed by atoms with Gasteiger partial charge in [0.15, 0.2) is 5.17 Å². The number of aromatic nitrogens is 2. The minimum Gasteiger partial charge on any atom is -0.497 e. The van der Waals surface area contributed by atoms with Crippen LogP contribution >= 0.6 is 11.8 Å². The average molecular weight is 497 g/mol. The molecule has 4 aromatic rings. The minimum absolute atomic E-state index is 0.162. The van der Waals surface area contributed by atoms with Crippen LogP contribution in [0.3, 0.4) is 0 Å². The first-order chi connectivity index (χ1) is 17.4. The largest absolute Gasteiger partial charge is 0.497 e. The Morgan fingerprint density at radius 1 is 1.08 bits per heavy atom. The summed E-state index contributed by atoms with van der Waals surface area (Å²) in [5.41, 5.74) is 6.31. The SMILES string of the molecule is COc1cccc(N2C(=O)/C(=C\c3ccc(C(C)C)cc3)N=C2SCc2cn3cccc(C)c3n2)c1. The Balaban J connectivity index is 1.47. The van der Waals surface area contributed by atoms with Crippen molar-refractivity contribution in [1.29, 1.82) is 0 Å². The molecule has 0 N–H and O–H groups in total. The fourth-order valence-corrected chi connectivity index (χ4v) is 5.01. The molecule has 2 aromatic carbocycles. The molecule has 0 bridgehead atoms. The van der Waals surface area contributed by atoms with Gasteiger partial charge in [-0.3, -0.25) is 9.69 Å². The van der Waals surface area contributed by atoms with E-state index in [4.69, 9.17) is 14.7 Å². The molecule has 6 nitrogen and oxygen atoms in total. The molecule has 0 atom stereocenters. The van der Waals surface area contributed by atoms with Crippen LogP contribution in [0.1, 0.15) is 42.1 Å². The van der Waals surface area contributed by atoms with E-state index in [1.54, 1.807) is 12.0 Å². The molecule has 5 rings (SSSR count). The Bertz CT molecular complexity index is 1480. The number of fused-ring (bicyclic) bond motifs is 1. The lowest BCUT2D eigenvalue weighted by atomic mass is 10.0. The van der Waals surface area contributed by atoms with Gasteiger partial charge in [-0.05, 0) is 53.8 Å². The van der Waals surface area contributed by atoms with Crippen LogP contribution < -0.4 is 9.64 Å². The number of methoxy groups -OCH3 is 1. The number of anilines is 1. The molecule has 36 heavy (non-hydrogen) atoms. The fraction of sp³-hybridized carbons (Fsp3) is 0.207. The molecule has 1 aliphatic rings. The number of hydrogen-bond donors (Lipinski definition) is 0. The third-order valence-corrected chi connectivity index (χ3v) is 7.10. The number of thioether (sulfide) groups is 1. The molecule has 3 heterocycles. The zero-order valence-electron chi connectivity index (χ0n) is 20.8. The third-order valence-electron chi connectivity index (χ3n) is 6.12. The number of carbonyl (C=O) groups is 1. The van der Waals surface area contributed by atoms with Gasteiger partial charge in [0.25, 0.3) is 5.91 Å². The van der Waals surface area contributed by atoms with E-state index < -0.39 is 0 Å². The van der Waals surface area contributed by atoms with Crippen LogP contribution in [0.5, 0.6) is 5.75 Å². The van der Waals surface area contributed by atoms with E-state index in [2.05, 4.69) is 26.0 Å². The van der Waals surface area contributed by atoms with Crippen molar-refractivity contribution in [2.75, 3.05) is 12.0 Å². The second-order valence-corrected chi connectivity index (χ2v) is 9.97. The standard InChI is InChI=1S/C29H28N4O2S/c1-19(2)22-12-10-21(11-13-22)15-26-28(34)33(24-8-5-9-25(16-24)35-4)29(31-26)36-18-23-17-32-14-6-7-20(3)27(32)30-23/h5-17,19H,18H2,1-4H3/b26-15+. The number of imidazole rings is 1. The van der Waals surface area contributed by atoms with E-state index >= 15 is 0 Å². The molecular weight excluding hydrogens is 468 g/mol. The molecule has 1 amide bonds. The van der Waals surface area contributed by atoms with Crippen LogP contribution in [0.15, 0.2) is 83.7 Å². The predicted octanol–water partition coefficient (Wildman–Crippen LogP) is 6.45. The Labute approximate surface area is 215 Å². The molecule has 7 heteroatoms. The number of rotatable bonds is 6. The molecule has 0 saturated carbocycles. The van der Waals surface area contributed by atoms with Gasteiger partial charge >= 0.3 is 0 Å². The van der Waals surface area contributed by atoms with Gasteiger partial charge < -0.3 is 9.14 Å². The summed E-state index contributed by atoms with van der Waals surface area (Å²) in [6, 6.07) is 19.8. The molecule has 2 aromatic heterocycles. The summed E-state index contributed by atoms with van der Waals surface area (Å²) in [5, 5.41) is 0.618. The highest BCUT2D eigenvalue weighted by atomic mass is 32.2. The number of aryl methyl sites for hydroxylation is 1.